The number of ether oxygens (including phenoxy) is 1. The first-order valence-corrected chi connectivity index (χ1v) is 8.35. The smallest absolute Gasteiger partial charge is 0.237 e. The van der Waals surface area contributed by atoms with Crippen LogP contribution in [0.25, 0.3) is 0 Å². The zero-order valence-corrected chi connectivity index (χ0v) is 14.3. The number of nitro groups is 1. The molecule has 1 heterocycles. The van der Waals surface area contributed by atoms with E-state index in [2.05, 4.69) is 30.9 Å². The largest absolute Gasteiger partial charge is 0.378 e. The van der Waals surface area contributed by atoms with E-state index in [0.717, 1.165) is 26.1 Å². The minimum atomic E-state index is -0.643. The van der Waals surface area contributed by atoms with Crippen molar-refractivity contribution in [2.45, 2.75) is 32.4 Å². The van der Waals surface area contributed by atoms with Gasteiger partial charge in [0.1, 0.15) is 0 Å². The van der Waals surface area contributed by atoms with Gasteiger partial charge in [0.05, 0.1) is 17.8 Å². The van der Waals surface area contributed by atoms with Crippen LogP contribution in [0.15, 0.2) is 5.10 Å². The maximum atomic E-state index is 10.5. The second-order valence-corrected chi connectivity index (χ2v) is 6.52. The second-order valence-electron chi connectivity index (χ2n) is 5.75. The molecule has 0 aromatic heterocycles. The van der Waals surface area contributed by atoms with Gasteiger partial charge in [-0.05, 0) is 39.5 Å². The van der Waals surface area contributed by atoms with E-state index in [4.69, 9.17) is 4.74 Å². The van der Waals surface area contributed by atoms with Gasteiger partial charge in [0.2, 0.25) is 5.17 Å². The van der Waals surface area contributed by atoms with E-state index in [-0.39, 0.29) is 6.04 Å². The summed E-state index contributed by atoms with van der Waals surface area (Å²) in [6.07, 6.45) is 3.26. The van der Waals surface area contributed by atoms with E-state index in [1.54, 1.807) is 6.26 Å². The average Bonchev–Trinajstić information content (AvgIpc) is 2.79. The lowest BCUT2D eigenvalue weighted by Crippen LogP contribution is -2.42. The number of rotatable bonds is 6. The van der Waals surface area contributed by atoms with Crippen molar-refractivity contribution < 1.29 is 9.77 Å². The number of amidine groups is 1. The molecule has 1 aliphatic heterocycles. The first kappa shape index (κ1) is 18.2. The molecule has 7 nitrogen and oxygen atoms in total. The van der Waals surface area contributed by atoms with Crippen LogP contribution in [-0.2, 0) is 4.74 Å². The monoisotopic (exact) mass is 318 g/mol. The van der Waals surface area contributed by atoms with E-state index in [0.29, 0.717) is 17.2 Å². The van der Waals surface area contributed by atoms with Gasteiger partial charge in [-0.25, -0.2) is 10.1 Å². The molecule has 1 fully saturated rings. The van der Waals surface area contributed by atoms with Crippen molar-refractivity contribution in [3.05, 3.63) is 10.1 Å². The van der Waals surface area contributed by atoms with Crippen LogP contribution in [0.1, 0.15) is 20.3 Å². The minimum Gasteiger partial charge on any atom is -0.378 e. The quantitative estimate of drug-likeness (QED) is 0.320. The molecule has 0 bridgehead atoms. The Bertz CT molecular complexity index is 380. The first-order chi connectivity index (χ1) is 9.83. The Labute approximate surface area is 130 Å². The van der Waals surface area contributed by atoms with Gasteiger partial charge in [-0.3, -0.25) is 0 Å². The number of hydrogen-bond acceptors (Lipinski definition) is 5. The summed E-state index contributed by atoms with van der Waals surface area (Å²) in [7, 11) is 3.93. The number of hydrogen-bond donors (Lipinski definition) is 0. The van der Waals surface area contributed by atoms with Gasteiger partial charge in [-0.15, -0.1) is 0 Å². The van der Waals surface area contributed by atoms with Gasteiger partial charge in [-0.1, -0.05) is 11.8 Å². The predicted molar refractivity (Wildman–Crippen MR) is 86.2 cm³/mol. The van der Waals surface area contributed by atoms with Crippen molar-refractivity contribution in [3.8, 4) is 0 Å². The lowest BCUT2D eigenvalue weighted by atomic mass is 10.1. The third-order valence-electron chi connectivity index (χ3n) is 3.74. The average molecular weight is 318 g/mol. The molecule has 1 aliphatic rings. The number of hydrazone groups is 1. The van der Waals surface area contributed by atoms with Gasteiger partial charge < -0.3 is 14.5 Å². The normalized spacial score (nSPS) is 24.4. The molecule has 1 saturated heterocycles. The number of thioether (sulfide) groups is 1. The van der Waals surface area contributed by atoms with E-state index >= 15 is 0 Å². The molecule has 3 atom stereocenters. The summed E-state index contributed by atoms with van der Waals surface area (Å²) in [5.74, 6) is 0.579. The summed E-state index contributed by atoms with van der Waals surface area (Å²) in [6, 6.07) is 0.154. The Kier molecular flexibility index (Phi) is 7.41. The molecule has 3 unspecified atom stereocenters. The van der Waals surface area contributed by atoms with Gasteiger partial charge in [-0.2, -0.15) is 0 Å². The molecule has 0 aromatic carbocycles. The van der Waals surface area contributed by atoms with Crippen LogP contribution < -0.4 is 0 Å². The van der Waals surface area contributed by atoms with Crippen molar-refractivity contribution >= 4 is 16.9 Å². The molecule has 0 aromatic rings. The SMILES string of the molecule is CSC(=N[N+](=O)[O-])N(C)C(C)CN(C)CC1COC(C)C1. The fraction of sp³-hybridized carbons (Fsp3) is 0.923. The predicted octanol–water partition coefficient (Wildman–Crippen LogP) is 1.57. The van der Waals surface area contributed by atoms with E-state index in [1.165, 1.54) is 11.8 Å². The lowest BCUT2D eigenvalue weighted by molar-refractivity contribution is -0.485. The third-order valence-corrected chi connectivity index (χ3v) is 4.47. The zero-order valence-electron chi connectivity index (χ0n) is 13.5. The molecular weight excluding hydrogens is 292 g/mol. The Morgan fingerprint density at radius 3 is 2.71 bits per heavy atom. The van der Waals surface area contributed by atoms with E-state index in [9.17, 15) is 10.1 Å². The van der Waals surface area contributed by atoms with E-state index in [1.807, 2.05) is 11.9 Å². The molecule has 1 rings (SSSR count). The molecule has 0 amide bonds. The van der Waals surface area contributed by atoms with Gasteiger partial charge >= 0.3 is 0 Å². The Hall–Kier alpha value is -0.860. The van der Waals surface area contributed by atoms with Gasteiger partial charge in [0.15, 0.2) is 5.03 Å². The van der Waals surface area contributed by atoms with Crippen LogP contribution in [0.4, 0.5) is 0 Å². The topological polar surface area (TPSA) is 71.2 Å². The first-order valence-electron chi connectivity index (χ1n) is 7.13. The van der Waals surface area contributed by atoms with Crippen LogP contribution in [-0.4, -0.2) is 72.2 Å². The van der Waals surface area contributed by atoms with Gasteiger partial charge in [0, 0.05) is 26.2 Å². The Morgan fingerprint density at radius 2 is 2.24 bits per heavy atom. The molecule has 0 saturated carbocycles. The standard InChI is InChI=1S/C13H26N4O3S/c1-10(16(4)13(21-5)14-17(18)19)7-15(3)8-12-6-11(2)20-9-12/h10-12H,6-9H2,1-5H3. The Morgan fingerprint density at radius 1 is 1.57 bits per heavy atom. The van der Waals surface area contributed by atoms with Crippen LogP contribution in [0.2, 0.25) is 0 Å². The second kappa shape index (κ2) is 8.55. The maximum Gasteiger partial charge on any atom is 0.237 e. The molecule has 0 N–H and O–H groups in total. The minimum absolute atomic E-state index is 0.154. The molecular formula is C13H26N4O3S. The summed E-state index contributed by atoms with van der Waals surface area (Å²) >= 11 is 1.29. The highest BCUT2D eigenvalue weighted by Crippen LogP contribution is 2.20. The summed E-state index contributed by atoms with van der Waals surface area (Å²) in [5.41, 5.74) is 0. The molecule has 122 valence electrons. The molecule has 0 aliphatic carbocycles. The van der Waals surface area contributed by atoms with Crippen molar-refractivity contribution in [2.24, 2.45) is 11.0 Å². The van der Waals surface area contributed by atoms with Crippen LogP contribution in [0.5, 0.6) is 0 Å². The lowest BCUT2D eigenvalue weighted by Gasteiger charge is -2.30. The van der Waals surface area contributed by atoms with Gasteiger partial charge in [0.25, 0.3) is 0 Å². The summed E-state index contributed by atoms with van der Waals surface area (Å²) in [4.78, 5) is 14.7. The highest BCUT2D eigenvalue weighted by molar-refractivity contribution is 8.13. The molecule has 0 radical (unpaired) electrons. The maximum absolute atomic E-state index is 10.5. The summed E-state index contributed by atoms with van der Waals surface area (Å²) in [6.45, 7) is 6.81. The fourth-order valence-corrected chi connectivity index (χ4v) is 3.25. The highest BCUT2D eigenvalue weighted by Gasteiger charge is 2.24. The van der Waals surface area contributed by atoms with Crippen molar-refractivity contribution in [1.82, 2.24) is 9.80 Å². The van der Waals surface area contributed by atoms with E-state index < -0.39 is 5.03 Å². The summed E-state index contributed by atoms with van der Waals surface area (Å²) in [5, 5.41) is 13.7. The number of likely N-dealkylation sites (N-methyl/N-ethyl adjacent to an activating group) is 2. The Balaban J connectivity index is 2.47. The number of nitrogens with zero attached hydrogens (tertiary/aromatic N) is 4. The fourth-order valence-electron chi connectivity index (χ4n) is 2.64. The molecule has 8 heteroatoms. The highest BCUT2D eigenvalue weighted by atomic mass is 32.2. The van der Waals surface area contributed by atoms with Crippen LogP contribution in [0, 0.1) is 16.0 Å². The zero-order chi connectivity index (χ0) is 16.0. The molecule has 0 spiro atoms. The third kappa shape index (κ3) is 6.19. The summed E-state index contributed by atoms with van der Waals surface area (Å²) < 4.78 is 5.58. The van der Waals surface area contributed by atoms with Crippen LogP contribution in [0.3, 0.4) is 0 Å². The van der Waals surface area contributed by atoms with Crippen molar-refractivity contribution in [2.75, 3.05) is 40.0 Å². The molecule has 21 heavy (non-hydrogen) atoms. The van der Waals surface area contributed by atoms with Crippen LogP contribution >= 0.6 is 11.8 Å². The van der Waals surface area contributed by atoms with Crippen molar-refractivity contribution in [1.29, 1.82) is 0 Å². The van der Waals surface area contributed by atoms with Crippen molar-refractivity contribution in [3.63, 3.8) is 0 Å².